The van der Waals surface area contributed by atoms with E-state index < -0.39 is 6.10 Å². The Bertz CT molecular complexity index is 280. The van der Waals surface area contributed by atoms with Gasteiger partial charge in [-0.05, 0) is 6.42 Å². The van der Waals surface area contributed by atoms with Gasteiger partial charge in [-0.2, -0.15) is 0 Å². The fraction of sp³-hybridized carbons (Fsp3) is 0.944. The summed E-state index contributed by atoms with van der Waals surface area (Å²) in [5.41, 5.74) is 0. The predicted molar refractivity (Wildman–Crippen MR) is 91.7 cm³/mol. The molecule has 23 heavy (non-hydrogen) atoms. The monoisotopic (exact) mass is 351 g/mol. The van der Waals surface area contributed by atoms with Crippen LogP contribution in [-0.2, 0) is 9.53 Å². The van der Waals surface area contributed by atoms with Crippen LogP contribution in [0.25, 0.3) is 0 Å². The van der Waals surface area contributed by atoms with E-state index in [9.17, 15) is 9.90 Å². The van der Waals surface area contributed by atoms with Crippen molar-refractivity contribution in [3.63, 3.8) is 0 Å². The van der Waals surface area contributed by atoms with Crippen LogP contribution in [0.3, 0.4) is 0 Å². The number of carbonyl (C=O) groups is 1. The predicted octanol–water partition coefficient (Wildman–Crippen LogP) is 0.522. The lowest BCUT2D eigenvalue weighted by atomic mass is 10.1. The summed E-state index contributed by atoms with van der Waals surface area (Å²) in [5.74, 6) is -0.277. The molecule has 0 rings (SSSR count). The molecule has 0 aromatic carbocycles. The van der Waals surface area contributed by atoms with Crippen LogP contribution >= 0.6 is 0 Å². The smallest absolute Gasteiger partial charge is 0.308 e. The maximum atomic E-state index is 11.6. The van der Waals surface area contributed by atoms with Gasteiger partial charge in [0.1, 0.15) is 12.6 Å². The van der Waals surface area contributed by atoms with Gasteiger partial charge in [0.25, 0.3) is 0 Å². The van der Waals surface area contributed by atoms with Crippen molar-refractivity contribution in [2.45, 2.75) is 77.2 Å². The lowest BCUT2D eigenvalue weighted by molar-refractivity contribution is -0.873. The summed E-state index contributed by atoms with van der Waals surface area (Å²) in [6.07, 6.45) is 10.8. The number of esters is 1. The van der Waals surface area contributed by atoms with Crippen LogP contribution < -0.4 is 12.4 Å². The Morgan fingerprint density at radius 1 is 0.957 bits per heavy atom. The number of ether oxygens (including phenoxy) is 1. The van der Waals surface area contributed by atoms with Crippen molar-refractivity contribution in [3.05, 3.63) is 0 Å². The molecule has 0 fully saturated rings. The number of carbonyl (C=O) groups excluding carboxylic acids is 1. The molecule has 0 saturated carbocycles. The van der Waals surface area contributed by atoms with Crippen LogP contribution in [0.15, 0.2) is 0 Å². The molecule has 0 aliphatic rings. The Morgan fingerprint density at radius 2 is 1.43 bits per heavy atom. The quantitative estimate of drug-likeness (QED) is 0.282. The van der Waals surface area contributed by atoms with Crippen LogP contribution in [0.1, 0.15) is 71.1 Å². The minimum Gasteiger partial charge on any atom is -1.00 e. The standard InChI is InChI=1S/C18H38NO3.ClH/c1-5-6-7-8-9-10-11-12-13-14-22-18(21)15-17(20)16-19(2,3)4;/h17,20H,5-16H2,1-4H3;1H/q+1;/p-1. The van der Waals surface area contributed by atoms with Crippen molar-refractivity contribution in [1.82, 2.24) is 0 Å². The maximum Gasteiger partial charge on any atom is 0.308 e. The third-order valence-corrected chi connectivity index (χ3v) is 3.67. The van der Waals surface area contributed by atoms with Crippen LogP contribution in [0.2, 0.25) is 0 Å². The van der Waals surface area contributed by atoms with Crippen molar-refractivity contribution in [3.8, 4) is 0 Å². The average Bonchev–Trinajstić information content (AvgIpc) is 2.38. The molecule has 4 nitrogen and oxygen atoms in total. The van der Waals surface area contributed by atoms with Gasteiger partial charge in [0.15, 0.2) is 0 Å². The fourth-order valence-corrected chi connectivity index (χ4v) is 2.55. The highest BCUT2D eigenvalue weighted by Crippen LogP contribution is 2.09. The zero-order chi connectivity index (χ0) is 16.8. The second-order valence-corrected chi connectivity index (χ2v) is 7.38. The number of likely N-dealkylation sites (N-methyl/N-ethyl adjacent to an activating group) is 1. The molecule has 0 bridgehead atoms. The van der Waals surface area contributed by atoms with Crippen molar-refractivity contribution >= 4 is 5.97 Å². The second-order valence-electron chi connectivity index (χ2n) is 7.38. The van der Waals surface area contributed by atoms with E-state index in [-0.39, 0.29) is 24.8 Å². The fourth-order valence-electron chi connectivity index (χ4n) is 2.55. The van der Waals surface area contributed by atoms with Gasteiger partial charge in [0.05, 0.1) is 34.2 Å². The van der Waals surface area contributed by atoms with Gasteiger partial charge in [0.2, 0.25) is 0 Å². The highest BCUT2D eigenvalue weighted by Gasteiger charge is 2.19. The number of quaternary nitrogens is 1. The molecule has 140 valence electrons. The molecule has 0 heterocycles. The molecule has 0 aliphatic carbocycles. The van der Waals surface area contributed by atoms with Gasteiger partial charge >= 0.3 is 5.97 Å². The highest BCUT2D eigenvalue weighted by atomic mass is 35.5. The van der Waals surface area contributed by atoms with E-state index in [0.717, 1.165) is 12.8 Å². The second kappa shape index (κ2) is 15.2. The average molecular weight is 352 g/mol. The van der Waals surface area contributed by atoms with Crippen molar-refractivity contribution in [2.24, 2.45) is 0 Å². The molecule has 1 atom stereocenters. The zero-order valence-corrected chi connectivity index (χ0v) is 16.4. The minimum absolute atomic E-state index is 0. The molecule has 0 amide bonds. The number of aliphatic hydroxyl groups is 1. The first-order valence-corrected chi connectivity index (χ1v) is 8.99. The molecule has 1 unspecified atom stereocenters. The summed E-state index contributed by atoms with van der Waals surface area (Å²) >= 11 is 0. The van der Waals surface area contributed by atoms with E-state index in [4.69, 9.17) is 4.74 Å². The van der Waals surface area contributed by atoms with E-state index in [0.29, 0.717) is 17.6 Å². The topological polar surface area (TPSA) is 46.5 Å². The highest BCUT2D eigenvalue weighted by molar-refractivity contribution is 5.69. The Hall–Kier alpha value is -0.320. The third-order valence-electron chi connectivity index (χ3n) is 3.67. The third kappa shape index (κ3) is 19.6. The number of hydrogen-bond acceptors (Lipinski definition) is 3. The van der Waals surface area contributed by atoms with E-state index in [1.165, 1.54) is 44.9 Å². The normalized spacial score (nSPS) is 12.6. The van der Waals surface area contributed by atoms with Gasteiger partial charge < -0.3 is 26.7 Å². The van der Waals surface area contributed by atoms with Crippen molar-refractivity contribution in [2.75, 3.05) is 34.3 Å². The van der Waals surface area contributed by atoms with E-state index in [2.05, 4.69) is 6.92 Å². The summed E-state index contributed by atoms with van der Waals surface area (Å²) in [4.78, 5) is 11.6. The van der Waals surface area contributed by atoms with Crippen molar-refractivity contribution < 1.29 is 31.5 Å². The van der Waals surface area contributed by atoms with Crippen molar-refractivity contribution in [1.29, 1.82) is 0 Å². The number of halogens is 1. The number of hydrogen-bond donors (Lipinski definition) is 1. The molecule has 0 spiro atoms. The Balaban J connectivity index is 0. The van der Waals surface area contributed by atoms with E-state index >= 15 is 0 Å². The van der Waals surface area contributed by atoms with Crippen LogP contribution in [0, 0.1) is 0 Å². The van der Waals surface area contributed by atoms with Crippen LogP contribution in [0.5, 0.6) is 0 Å². The molecule has 5 heteroatoms. The van der Waals surface area contributed by atoms with Crippen LogP contribution in [0.4, 0.5) is 0 Å². The molecular formula is C18H38ClNO3. The van der Waals surface area contributed by atoms with Gasteiger partial charge in [-0.3, -0.25) is 4.79 Å². The largest absolute Gasteiger partial charge is 1.00 e. The zero-order valence-electron chi connectivity index (χ0n) is 15.7. The molecule has 0 aliphatic heterocycles. The molecule has 1 N–H and O–H groups in total. The van der Waals surface area contributed by atoms with Gasteiger partial charge in [0, 0.05) is 0 Å². The first-order chi connectivity index (χ1) is 10.3. The molecule has 0 saturated heterocycles. The lowest BCUT2D eigenvalue weighted by Crippen LogP contribution is -3.00. The van der Waals surface area contributed by atoms with E-state index in [1.54, 1.807) is 0 Å². The summed E-state index contributed by atoms with van der Waals surface area (Å²) in [5, 5.41) is 9.80. The van der Waals surface area contributed by atoms with E-state index in [1.807, 2.05) is 21.1 Å². The van der Waals surface area contributed by atoms with Gasteiger partial charge in [-0.1, -0.05) is 58.3 Å². The molecular weight excluding hydrogens is 314 g/mol. The molecule has 0 radical (unpaired) electrons. The Morgan fingerprint density at radius 3 is 1.91 bits per heavy atom. The number of unbranched alkanes of at least 4 members (excludes halogenated alkanes) is 8. The number of nitrogens with zero attached hydrogens (tertiary/aromatic N) is 1. The van der Waals surface area contributed by atoms with Gasteiger partial charge in [-0.25, -0.2) is 0 Å². The van der Waals surface area contributed by atoms with Crippen LogP contribution in [-0.4, -0.2) is 56.0 Å². The first kappa shape index (κ1) is 24.9. The summed E-state index contributed by atoms with van der Waals surface area (Å²) in [7, 11) is 5.99. The first-order valence-electron chi connectivity index (χ1n) is 8.99. The summed E-state index contributed by atoms with van der Waals surface area (Å²) in [6, 6.07) is 0. The van der Waals surface area contributed by atoms with Gasteiger partial charge in [-0.15, -0.1) is 0 Å². The SMILES string of the molecule is CCCCCCCCCCCOC(=O)CC(O)C[N+](C)(C)C.[Cl-]. The Labute approximate surface area is 149 Å². The number of rotatable bonds is 14. The minimum atomic E-state index is -0.615. The summed E-state index contributed by atoms with van der Waals surface area (Å²) in [6.45, 7) is 3.29. The summed E-state index contributed by atoms with van der Waals surface area (Å²) < 4.78 is 5.83. The molecule has 0 aromatic rings. The maximum absolute atomic E-state index is 11.6. The molecule has 0 aromatic heterocycles. The number of aliphatic hydroxyl groups excluding tert-OH is 1. The lowest BCUT2D eigenvalue weighted by Gasteiger charge is -2.26. The Kier molecular flexibility index (Phi) is 16.5.